The Kier molecular flexibility index (Phi) is 6.40. The third kappa shape index (κ3) is 4.72. The summed E-state index contributed by atoms with van der Waals surface area (Å²) in [5.74, 6) is -0.688. The van der Waals surface area contributed by atoms with E-state index < -0.39 is 5.91 Å². The second-order valence-corrected chi connectivity index (χ2v) is 7.73. The number of ether oxygens (including phenoxy) is 1. The average Bonchev–Trinajstić information content (AvgIpc) is 3.48. The van der Waals surface area contributed by atoms with Crippen LogP contribution < -0.4 is 5.73 Å². The van der Waals surface area contributed by atoms with Gasteiger partial charge in [0.25, 0.3) is 0 Å². The van der Waals surface area contributed by atoms with Crippen molar-refractivity contribution in [2.75, 3.05) is 6.61 Å². The second-order valence-electron chi connectivity index (χ2n) is 7.73. The quantitative estimate of drug-likeness (QED) is 0.413. The number of nitrogens with two attached hydrogens (primary N) is 1. The smallest absolute Gasteiger partial charge is 0.306 e. The molecule has 2 aromatic carbocycles. The Hall–Kier alpha value is -4.13. The van der Waals surface area contributed by atoms with Crippen molar-refractivity contribution in [1.29, 1.82) is 0 Å². The number of aromatic nitrogens is 3. The zero-order valence-corrected chi connectivity index (χ0v) is 18.7. The van der Waals surface area contributed by atoms with Gasteiger partial charge in [-0.05, 0) is 73.9 Å². The summed E-state index contributed by atoms with van der Waals surface area (Å²) in [6, 6.07) is 17.7. The molecule has 7 heteroatoms. The minimum Gasteiger partial charge on any atom is -0.466 e. The van der Waals surface area contributed by atoms with Crippen LogP contribution in [0.1, 0.15) is 35.0 Å². The molecule has 0 aliphatic carbocycles. The first kappa shape index (κ1) is 22.1. The van der Waals surface area contributed by atoms with Crippen LogP contribution in [0.4, 0.5) is 0 Å². The molecule has 0 aliphatic heterocycles. The Labute approximate surface area is 192 Å². The van der Waals surface area contributed by atoms with Gasteiger partial charge < -0.3 is 19.6 Å². The van der Waals surface area contributed by atoms with Crippen molar-refractivity contribution in [2.45, 2.75) is 26.7 Å². The Morgan fingerprint density at radius 2 is 1.85 bits per heavy atom. The molecular formula is C26H26N4O3. The number of aryl methyl sites for hydroxylation is 2. The van der Waals surface area contributed by atoms with E-state index in [1.807, 2.05) is 48.0 Å². The van der Waals surface area contributed by atoms with Crippen molar-refractivity contribution in [1.82, 2.24) is 14.1 Å². The minimum absolute atomic E-state index is 0.225. The number of nitrogens with zero attached hydrogens (tertiary/aromatic N) is 3. The summed E-state index contributed by atoms with van der Waals surface area (Å²) in [7, 11) is 0. The number of imidazole rings is 1. The van der Waals surface area contributed by atoms with E-state index in [4.69, 9.17) is 10.5 Å². The van der Waals surface area contributed by atoms with Crippen LogP contribution in [0.2, 0.25) is 0 Å². The van der Waals surface area contributed by atoms with Crippen molar-refractivity contribution in [2.24, 2.45) is 5.73 Å². The molecule has 2 N–H and O–H groups in total. The number of carbonyl (C=O) groups is 2. The first-order chi connectivity index (χ1) is 16.0. The van der Waals surface area contributed by atoms with Crippen molar-refractivity contribution >= 4 is 11.9 Å². The Morgan fingerprint density at radius 1 is 1.06 bits per heavy atom. The van der Waals surface area contributed by atoms with Crippen LogP contribution in [0.5, 0.6) is 0 Å². The van der Waals surface area contributed by atoms with Gasteiger partial charge in [-0.2, -0.15) is 0 Å². The molecular weight excluding hydrogens is 416 g/mol. The van der Waals surface area contributed by atoms with Gasteiger partial charge in [-0.25, -0.2) is 4.98 Å². The molecule has 4 rings (SSSR count). The van der Waals surface area contributed by atoms with Crippen LogP contribution in [-0.4, -0.2) is 32.6 Å². The topological polar surface area (TPSA) is 92.1 Å². The zero-order valence-electron chi connectivity index (χ0n) is 18.7. The molecule has 4 aromatic rings. The van der Waals surface area contributed by atoms with Crippen molar-refractivity contribution in [3.63, 3.8) is 0 Å². The highest BCUT2D eigenvalue weighted by Crippen LogP contribution is 2.30. The Morgan fingerprint density at radius 3 is 2.48 bits per heavy atom. The van der Waals surface area contributed by atoms with Crippen LogP contribution in [0, 0.1) is 6.92 Å². The maximum Gasteiger partial charge on any atom is 0.306 e. The van der Waals surface area contributed by atoms with E-state index >= 15 is 0 Å². The van der Waals surface area contributed by atoms with E-state index in [2.05, 4.69) is 21.7 Å². The fraction of sp³-hybridized carbons (Fsp3) is 0.192. The third-order valence-corrected chi connectivity index (χ3v) is 5.54. The predicted octanol–water partition coefficient (Wildman–Crippen LogP) is 4.23. The zero-order chi connectivity index (χ0) is 23.4. The number of primary amides is 1. The number of benzene rings is 2. The maximum absolute atomic E-state index is 12.0. The highest BCUT2D eigenvalue weighted by Gasteiger charge is 2.16. The van der Waals surface area contributed by atoms with E-state index in [1.165, 1.54) is 0 Å². The van der Waals surface area contributed by atoms with Gasteiger partial charge >= 0.3 is 5.97 Å². The summed E-state index contributed by atoms with van der Waals surface area (Å²) in [4.78, 5) is 27.7. The molecule has 0 radical (unpaired) electrons. The monoisotopic (exact) mass is 442 g/mol. The summed E-state index contributed by atoms with van der Waals surface area (Å²) in [6.45, 7) is 4.11. The van der Waals surface area contributed by atoms with Gasteiger partial charge in [-0.1, -0.05) is 12.1 Å². The number of esters is 1. The molecule has 0 aliphatic rings. The van der Waals surface area contributed by atoms with E-state index in [0.29, 0.717) is 18.6 Å². The molecule has 0 saturated carbocycles. The molecule has 0 bridgehead atoms. The van der Waals surface area contributed by atoms with Crippen molar-refractivity contribution < 1.29 is 14.3 Å². The molecule has 0 unspecified atom stereocenters. The first-order valence-corrected chi connectivity index (χ1v) is 10.8. The average molecular weight is 443 g/mol. The number of rotatable bonds is 8. The van der Waals surface area contributed by atoms with E-state index in [0.717, 1.165) is 33.9 Å². The summed E-state index contributed by atoms with van der Waals surface area (Å²) in [5.41, 5.74) is 11.8. The van der Waals surface area contributed by atoms with Crippen LogP contribution in [0.15, 0.2) is 73.3 Å². The van der Waals surface area contributed by atoms with Gasteiger partial charge in [0.05, 0.1) is 25.0 Å². The van der Waals surface area contributed by atoms with Crippen LogP contribution in [-0.2, 0) is 16.0 Å². The maximum atomic E-state index is 12.0. The summed E-state index contributed by atoms with van der Waals surface area (Å²) in [6.07, 6.45) is 6.22. The highest BCUT2D eigenvalue weighted by atomic mass is 16.5. The molecule has 0 saturated heterocycles. The predicted molar refractivity (Wildman–Crippen MR) is 127 cm³/mol. The van der Waals surface area contributed by atoms with E-state index in [1.54, 1.807) is 31.6 Å². The van der Waals surface area contributed by atoms with Gasteiger partial charge in [0.15, 0.2) is 0 Å². The molecule has 33 heavy (non-hydrogen) atoms. The molecule has 7 nitrogen and oxygen atoms in total. The van der Waals surface area contributed by atoms with Crippen LogP contribution >= 0.6 is 0 Å². The Balaban J connectivity index is 1.76. The van der Waals surface area contributed by atoms with Gasteiger partial charge in [0, 0.05) is 35.0 Å². The van der Waals surface area contributed by atoms with E-state index in [-0.39, 0.29) is 12.4 Å². The normalized spacial score (nSPS) is 10.8. The fourth-order valence-corrected chi connectivity index (χ4v) is 3.92. The lowest BCUT2D eigenvalue weighted by atomic mass is 10.1. The van der Waals surface area contributed by atoms with Gasteiger partial charge in [-0.3, -0.25) is 9.59 Å². The number of amides is 1. The highest BCUT2D eigenvalue weighted by molar-refractivity contribution is 5.93. The van der Waals surface area contributed by atoms with Gasteiger partial charge in [0.1, 0.15) is 0 Å². The summed E-state index contributed by atoms with van der Waals surface area (Å²) >= 11 is 0. The largest absolute Gasteiger partial charge is 0.466 e. The summed E-state index contributed by atoms with van der Waals surface area (Å²) < 4.78 is 9.18. The SMILES string of the molecule is CCOC(=O)CCc1ccc(-c2ccc(-n3ccnc3)cc2)n1-c1ccc(C(N)=O)cc1C. The number of hydrogen-bond acceptors (Lipinski definition) is 4. The summed E-state index contributed by atoms with van der Waals surface area (Å²) in [5, 5.41) is 0. The number of hydrogen-bond donors (Lipinski definition) is 1. The van der Waals surface area contributed by atoms with Gasteiger partial charge in [-0.15, -0.1) is 0 Å². The molecule has 2 heterocycles. The molecule has 0 spiro atoms. The van der Waals surface area contributed by atoms with Gasteiger partial charge in [0.2, 0.25) is 5.91 Å². The lowest BCUT2D eigenvalue weighted by molar-refractivity contribution is -0.143. The molecule has 0 atom stereocenters. The first-order valence-electron chi connectivity index (χ1n) is 10.8. The standard InChI is InChI=1S/C26H26N4O3/c1-3-33-25(31)13-10-22-9-12-24(19-4-7-21(8-5-19)29-15-14-28-17-29)30(22)23-11-6-20(26(27)32)16-18(23)2/h4-9,11-12,14-17H,3,10,13H2,1-2H3,(H2,27,32). The Bertz CT molecular complexity index is 1270. The molecule has 168 valence electrons. The fourth-order valence-electron chi connectivity index (χ4n) is 3.92. The number of carbonyl (C=O) groups excluding carboxylic acids is 2. The minimum atomic E-state index is -0.463. The third-order valence-electron chi connectivity index (χ3n) is 5.54. The second kappa shape index (κ2) is 9.56. The van der Waals surface area contributed by atoms with E-state index in [9.17, 15) is 9.59 Å². The van der Waals surface area contributed by atoms with Crippen LogP contribution in [0.25, 0.3) is 22.6 Å². The van der Waals surface area contributed by atoms with Crippen molar-refractivity contribution in [3.05, 3.63) is 90.1 Å². The molecule has 0 fully saturated rings. The molecule has 1 amide bonds. The lowest BCUT2D eigenvalue weighted by Crippen LogP contribution is -2.12. The lowest BCUT2D eigenvalue weighted by Gasteiger charge is -2.17. The van der Waals surface area contributed by atoms with Crippen LogP contribution in [0.3, 0.4) is 0 Å². The van der Waals surface area contributed by atoms with Crippen molar-refractivity contribution in [3.8, 4) is 22.6 Å². The molecule has 2 aromatic heterocycles.